The average Bonchev–Trinajstić information content (AvgIpc) is 2.35. The second-order valence-corrected chi connectivity index (χ2v) is 8.29. The molecule has 9 heteroatoms. The van der Waals surface area contributed by atoms with Gasteiger partial charge in [-0.1, -0.05) is 12.1 Å². The lowest BCUT2D eigenvalue weighted by Crippen LogP contribution is -2.35. The third-order valence-corrected chi connectivity index (χ3v) is 5.66. The second kappa shape index (κ2) is 6.93. The monoisotopic (exact) mass is 347 g/mol. The summed E-state index contributed by atoms with van der Waals surface area (Å²) in [5.41, 5.74) is 0.594. The van der Waals surface area contributed by atoms with Crippen LogP contribution in [0.2, 0.25) is 0 Å². The van der Waals surface area contributed by atoms with Crippen molar-refractivity contribution in [2.45, 2.75) is 6.92 Å². The van der Waals surface area contributed by atoms with Gasteiger partial charge in [0.1, 0.15) is 0 Å². The smallest absolute Gasteiger partial charge is 0.330 e. The van der Waals surface area contributed by atoms with Crippen molar-refractivity contribution >= 4 is 37.8 Å². The van der Waals surface area contributed by atoms with Crippen molar-refractivity contribution in [2.24, 2.45) is 0 Å². The Morgan fingerprint density at radius 2 is 1.59 bits per heavy atom. The minimum Gasteiger partial charge on any atom is -0.463 e. The van der Waals surface area contributed by atoms with Gasteiger partial charge in [0, 0.05) is 6.08 Å². The largest absolute Gasteiger partial charge is 0.463 e. The van der Waals surface area contributed by atoms with E-state index in [9.17, 15) is 21.6 Å². The molecule has 0 fully saturated rings. The number of benzene rings is 1. The van der Waals surface area contributed by atoms with Crippen molar-refractivity contribution in [3.05, 3.63) is 35.9 Å². The highest BCUT2D eigenvalue weighted by atomic mass is 32.3. The maximum atomic E-state index is 11.6. The Kier molecular flexibility index (Phi) is 5.72. The first-order valence-corrected chi connectivity index (χ1v) is 9.90. The number of carbonyl (C=O) groups is 1. The van der Waals surface area contributed by atoms with E-state index in [1.807, 2.05) is 0 Å². The van der Waals surface area contributed by atoms with Crippen LogP contribution >= 0.6 is 0 Å². The Morgan fingerprint density at radius 1 is 1.09 bits per heavy atom. The van der Waals surface area contributed by atoms with E-state index >= 15 is 0 Å². The molecule has 0 aliphatic rings. The minimum absolute atomic E-state index is 0.00159. The number of esters is 1. The first-order valence-electron chi connectivity index (χ1n) is 6.21. The van der Waals surface area contributed by atoms with Crippen LogP contribution < -0.4 is 3.71 Å². The van der Waals surface area contributed by atoms with Crippen LogP contribution in [0.3, 0.4) is 0 Å². The molecule has 22 heavy (non-hydrogen) atoms. The zero-order valence-corrected chi connectivity index (χ0v) is 14.0. The van der Waals surface area contributed by atoms with Crippen LogP contribution in [-0.2, 0) is 29.6 Å². The standard InChI is InChI=1S/C13H17NO6S2/c1-4-20-13(15)10-7-11-5-8-12(9-6-11)14(21(2,16)17)22(3,18)19/h5-10H,4H2,1-3H3/b10-7+. The molecule has 0 amide bonds. The van der Waals surface area contributed by atoms with E-state index in [0.717, 1.165) is 12.5 Å². The number of ether oxygens (including phenoxy) is 1. The fourth-order valence-corrected chi connectivity index (χ4v) is 4.67. The van der Waals surface area contributed by atoms with Crippen LogP contribution in [0, 0.1) is 0 Å². The summed E-state index contributed by atoms with van der Waals surface area (Å²) in [7, 11) is -7.94. The van der Waals surface area contributed by atoms with Crippen LogP contribution in [0.1, 0.15) is 12.5 Å². The quantitative estimate of drug-likeness (QED) is 0.562. The molecule has 0 aromatic heterocycles. The lowest BCUT2D eigenvalue weighted by molar-refractivity contribution is -0.137. The number of sulfonamides is 2. The summed E-state index contributed by atoms with van der Waals surface area (Å²) in [6.45, 7) is 1.95. The SMILES string of the molecule is CCOC(=O)/C=C/c1ccc(N(S(C)(=O)=O)S(C)(=O)=O)cc1. The number of anilines is 1. The van der Waals surface area contributed by atoms with Crippen LogP contribution in [0.25, 0.3) is 6.08 Å². The van der Waals surface area contributed by atoms with Crippen molar-refractivity contribution in [3.63, 3.8) is 0 Å². The van der Waals surface area contributed by atoms with Crippen LogP contribution in [0.5, 0.6) is 0 Å². The van der Waals surface area contributed by atoms with E-state index in [4.69, 9.17) is 4.74 Å². The Morgan fingerprint density at radius 3 is 2.00 bits per heavy atom. The van der Waals surface area contributed by atoms with E-state index in [1.165, 1.54) is 36.4 Å². The predicted octanol–water partition coefficient (Wildman–Crippen LogP) is 0.988. The maximum Gasteiger partial charge on any atom is 0.330 e. The maximum absolute atomic E-state index is 11.6. The van der Waals surface area contributed by atoms with Gasteiger partial charge in [0.2, 0.25) is 20.0 Å². The van der Waals surface area contributed by atoms with Gasteiger partial charge in [-0.05, 0) is 30.7 Å². The molecule has 0 aliphatic carbocycles. The van der Waals surface area contributed by atoms with Gasteiger partial charge in [-0.3, -0.25) is 0 Å². The number of nitrogens with zero attached hydrogens (tertiary/aromatic N) is 1. The van der Waals surface area contributed by atoms with Crippen molar-refractivity contribution in [3.8, 4) is 0 Å². The van der Waals surface area contributed by atoms with E-state index in [0.29, 0.717) is 9.27 Å². The molecule has 0 saturated carbocycles. The fourth-order valence-electron chi connectivity index (χ4n) is 1.69. The third-order valence-electron chi connectivity index (χ3n) is 2.40. The Hall–Kier alpha value is -1.87. The lowest BCUT2D eigenvalue weighted by Gasteiger charge is -2.19. The summed E-state index contributed by atoms with van der Waals surface area (Å²) in [5.74, 6) is -0.500. The highest BCUT2D eigenvalue weighted by Crippen LogP contribution is 2.21. The molecular weight excluding hydrogens is 330 g/mol. The molecule has 0 atom stereocenters. The summed E-state index contributed by atoms with van der Waals surface area (Å²) in [6.07, 6.45) is 4.32. The van der Waals surface area contributed by atoms with Gasteiger partial charge in [-0.2, -0.15) is 3.71 Å². The molecule has 0 N–H and O–H groups in total. The van der Waals surface area contributed by atoms with Gasteiger partial charge >= 0.3 is 5.97 Å². The molecule has 0 spiro atoms. The minimum atomic E-state index is -3.97. The first-order chi connectivity index (χ1) is 10.1. The first kappa shape index (κ1) is 18.2. The molecule has 0 aliphatic heterocycles. The molecule has 0 heterocycles. The number of rotatable bonds is 6. The van der Waals surface area contributed by atoms with Crippen molar-refractivity contribution in [1.82, 2.24) is 0 Å². The Bertz CT molecular complexity index is 731. The van der Waals surface area contributed by atoms with Gasteiger partial charge in [-0.25, -0.2) is 21.6 Å². The normalized spacial score (nSPS) is 12.3. The van der Waals surface area contributed by atoms with Crippen LogP contribution in [-0.4, -0.2) is 41.9 Å². The summed E-state index contributed by atoms with van der Waals surface area (Å²) >= 11 is 0. The van der Waals surface area contributed by atoms with Gasteiger partial charge in [0.05, 0.1) is 24.8 Å². The molecule has 0 bridgehead atoms. The van der Waals surface area contributed by atoms with Gasteiger partial charge < -0.3 is 4.74 Å². The summed E-state index contributed by atoms with van der Waals surface area (Å²) < 4.78 is 51.6. The molecule has 0 radical (unpaired) electrons. The van der Waals surface area contributed by atoms with Gasteiger partial charge in [0.25, 0.3) is 0 Å². The molecule has 122 valence electrons. The third kappa shape index (κ3) is 5.15. The van der Waals surface area contributed by atoms with Crippen LogP contribution in [0.15, 0.2) is 30.3 Å². The van der Waals surface area contributed by atoms with E-state index < -0.39 is 26.0 Å². The van der Waals surface area contributed by atoms with Crippen molar-refractivity contribution < 1.29 is 26.4 Å². The number of hydrogen-bond acceptors (Lipinski definition) is 6. The predicted molar refractivity (Wildman–Crippen MR) is 84.3 cm³/mol. The molecule has 1 aromatic rings. The molecular formula is C13H17NO6S2. The van der Waals surface area contributed by atoms with Crippen molar-refractivity contribution in [1.29, 1.82) is 0 Å². The van der Waals surface area contributed by atoms with E-state index in [-0.39, 0.29) is 12.3 Å². The van der Waals surface area contributed by atoms with E-state index in [1.54, 1.807) is 6.92 Å². The zero-order chi connectivity index (χ0) is 17.0. The average molecular weight is 347 g/mol. The summed E-state index contributed by atoms with van der Waals surface area (Å²) in [4.78, 5) is 11.2. The summed E-state index contributed by atoms with van der Waals surface area (Å²) in [5, 5.41) is 0. The summed E-state index contributed by atoms with van der Waals surface area (Å²) in [6, 6.07) is 5.67. The molecule has 7 nitrogen and oxygen atoms in total. The highest BCUT2D eigenvalue weighted by molar-refractivity contribution is 8.09. The Balaban J connectivity index is 3.08. The Labute approximate surface area is 130 Å². The molecule has 1 rings (SSSR count). The van der Waals surface area contributed by atoms with Gasteiger partial charge in [0.15, 0.2) is 0 Å². The lowest BCUT2D eigenvalue weighted by atomic mass is 10.2. The topological polar surface area (TPSA) is 97.8 Å². The highest BCUT2D eigenvalue weighted by Gasteiger charge is 2.26. The fraction of sp³-hybridized carbons (Fsp3) is 0.308. The molecule has 1 aromatic carbocycles. The van der Waals surface area contributed by atoms with Crippen LogP contribution in [0.4, 0.5) is 5.69 Å². The molecule has 0 unspecified atom stereocenters. The number of hydrogen-bond donors (Lipinski definition) is 0. The zero-order valence-electron chi connectivity index (χ0n) is 12.4. The van der Waals surface area contributed by atoms with E-state index in [2.05, 4.69) is 0 Å². The second-order valence-electron chi connectivity index (χ2n) is 4.40. The number of carbonyl (C=O) groups excluding carboxylic acids is 1. The molecule has 0 saturated heterocycles. The van der Waals surface area contributed by atoms with Crippen molar-refractivity contribution in [2.75, 3.05) is 22.8 Å². The van der Waals surface area contributed by atoms with Gasteiger partial charge in [-0.15, -0.1) is 0 Å².